The molecule has 0 unspecified atom stereocenters. The molecule has 4 nitrogen and oxygen atoms in total. The topological polar surface area (TPSA) is 69.6 Å². The molecule has 2 aromatic rings. The van der Waals surface area contributed by atoms with E-state index in [1.807, 2.05) is 0 Å². The molecule has 0 radical (unpaired) electrons. The zero-order valence-corrected chi connectivity index (χ0v) is 9.93. The van der Waals surface area contributed by atoms with Crippen LogP contribution in [0.2, 0.25) is 0 Å². The Balaban J connectivity index is 2.33. The van der Waals surface area contributed by atoms with Gasteiger partial charge in [-0.2, -0.15) is 0 Å². The van der Waals surface area contributed by atoms with E-state index in [0.29, 0.717) is 11.3 Å². The van der Waals surface area contributed by atoms with Gasteiger partial charge in [0, 0.05) is 5.69 Å². The Labute approximate surface area is 109 Å². The fraction of sp³-hybridized carbons (Fsp3) is 0.0714. The lowest BCUT2D eigenvalue weighted by Crippen LogP contribution is -2.03. The van der Waals surface area contributed by atoms with E-state index < -0.39 is 17.5 Å². The number of anilines is 2. The van der Waals surface area contributed by atoms with Gasteiger partial charge >= 0.3 is 5.97 Å². The van der Waals surface area contributed by atoms with Gasteiger partial charge in [-0.15, -0.1) is 0 Å². The van der Waals surface area contributed by atoms with Gasteiger partial charge in [0.15, 0.2) is 11.6 Å². The van der Waals surface area contributed by atoms with Crippen LogP contribution >= 0.6 is 0 Å². The highest BCUT2D eigenvalue weighted by Gasteiger charge is 2.10. The van der Waals surface area contributed by atoms with Crippen LogP contribution in [0.4, 0.5) is 15.8 Å². The summed E-state index contributed by atoms with van der Waals surface area (Å²) in [5, 5.41) is 21.2. The Bertz CT molecular complexity index is 613. The van der Waals surface area contributed by atoms with Gasteiger partial charge in [0.05, 0.1) is 12.1 Å². The van der Waals surface area contributed by atoms with E-state index in [9.17, 15) is 14.3 Å². The second kappa shape index (κ2) is 5.39. The molecule has 0 heterocycles. The zero-order chi connectivity index (χ0) is 13.8. The van der Waals surface area contributed by atoms with Gasteiger partial charge in [0.1, 0.15) is 0 Å². The standard InChI is InChI=1S/C14H12FNO3/c15-10-5-3-7-12(14(10)19)16-11-6-2-1-4-9(11)8-13(17)18/h1-7,16,19H,8H2,(H,17,18). The summed E-state index contributed by atoms with van der Waals surface area (Å²) < 4.78 is 13.2. The highest BCUT2D eigenvalue weighted by Crippen LogP contribution is 2.30. The van der Waals surface area contributed by atoms with E-state index in [0.717, 1.165) is 6.07 Å². The van der Waals surface area contributed by atoms with Crippen molar-refractivity contribution < 1.29 is 19.4 Å². The van der Waals surface area contributed by atoms with Gasteiger partial charge in [0.2, 0.25) is 0 Å². The Kier molecular flexibility index (Phi) is 3.66. The number of benzene rings is 2. The molecule has 0 aliphatic carbocycles. The molecular formula is C14H12FNO3. The molecule has 5 heteroatoms. The van der Waals surface area contributed by atoms with E-state index in [-0.39, 0.29) is 12.1 Å². The number of phenolic OH excluding ortho intramolecular Hbond substituents is 1. The van der Waals surface area contributed by atoms with Crippen LogP contribution in [-0.2, 0) is 11.2 Å². The number of aromatic hydroxyl groups is 1. The summed E-state index contributed by atoms with van der Waals surface area (Å²) in [5.74, 6) is -2.19. The summed E-state index contributed by atoms with van der Waals surface area (Å²) in [6.45, 7) is 0. The SMILES string of the molecule is O=C(O)Cc1ccccc1Nc1cccc(F)c1O. The highest BCUT2D eigenvalue weighted by atomic mass is 19.1. The van der Waals surface area contributed by atoms with Crippen LogP contribution in [0.5, 0.6) is 5.75 Å². The zero-order valence-electron chi connectivity index (χ0n) is 9.93. The van der Waals surface area contributed by atoms with Crippen molar-refractivity contribution in [2.24, 2.45) is 0 Å². The number of rotatable bonds is 4. The van der Waals surface area contributed by atoms with Crippen LogP contribution < -0.4 is 5.32 Å². The fourth-order valence-electron chi connectivity index (χ4n) is 1.72. The normalized spacial score (nSPS) is 10.2. The van der Waals surface area contributed by atoms with Crippen molar-refractivity contribution in [2.75, 3.05) is 5.32 Å². The van der Waals surface area contributed by atoms with Gasteiger partial charge in [-0.3, -0.25) is 4.79 Å². The number of halogens is 1. The van der Waals surface area contributed by atoms with Crippen molar-refractivity contribution in [2.45, 2.75) is 6.42 Å². The molecule has 3 N–H and O–H groups in total. The van der Waals surface area contributed by atoms with Gasteiger partial charge in [0.25, 0.3) is 0 Å². The number of para-hydroxylation sites is 2. The van der Waals surface area contributed by atoms with E-state index in [4.69, 9.17) is 5.11 Å². The van der Waals surface area contributed by atoms with Gasteiger partial charge in [-0.25, -0.2) is 4.39 Å². The Hall–Kier alpha value is -2.56. The van der Waals surface area contributed by atoms with Gasteiger partial charge < -0.3 is 15.5 Å². The Morgan fingerprint density at radius 2 is 1.79 bits per heavy atom. The predicted molar refractivity (Wildman–Crippen MR) is 69.1 cm³/mol. The van der Waals surface area contributed by atoms with Crippen molar-refractivity contribution in [1.82, 2.24) is 0 Å². The molecule has 2 rings (SSSR count). The largest absolute Gasteiger partial charge is 0.503 e. The quantitative estimate of drug-likeness (QED) is 0.740. The molecule has 0 atom stereocenters. The minimum atomic E-state index is -0.960. The number of hydrogen-bond donors (Lipinski definition) is 3. The number of carboxylic acid groups (broad SMARTS) is 1. The lowest BCUT2D eigenvalue weighted by atomic mass is 10.1. The lowest BCUT2D eigenvalue weighted by Gasteiger charge is -2.12. The second-order valence-corrected chi connectivity index (χ2v) is 3.99. The highest BCUT2D eigenvalue weighted by molar-refractivity contribution is 5.76. The average Bonchev–Trinajstić information content (AvgIpc) is 2.36. The number of carbonyl (C=O) groups is 1. The summed E-state index contributed by atoms with van der Waals surface area (Å²) in [4.78, 5) is 10.8. The summed E-state index contributed by atoms with van der Waals surface area (Å²) in [6.07, 6.45) is -0.154. The van der Waals surface area contributed by atoms with Crippen molar-refractivity contribution in [3.05, 3.63) is 53.8 Å². The molecule has 0 saturated heterocycles. The van der Waals surface area contributed by atoms with Gasteiger partial charge in [-0.1, -0.05) is 24.3 Å². The minimum Gasteiger partial charge on any atom is -0.503 e. The first-order valence-electron chi connectivity index (χ1n) is 5.62. The lowest BCUT2D eigenvalue weighted by molar-refractivity contribution is -0.136. The third-order valence-corrected chi connectivity index (χ3v) is 2.62. The molecule has 0 saturated carbocycles. The smallest absolute Gasteiger partial charge is 0.307 e. The summed E-state index contributed by atoms with van der Waals surface area (Å²) >= 11 is 0. The molecule has 98 valence electrons. The maximum Gasteiger partial charge on any atom is 0.307 e. The maximum atomic E-state index is 13.2. The molecule has 0 bridgehead atoms. The van der Waals surface area contributed by atoms with E-state index in [1.54, 1.807) is 24.3 Å². The van der Waals surface area contributed by atoms with E-state index >= 15 is 0 Å². The average molecular weight is 261 g/mol. The predicted octanol–water partition coefficient (Wildman–Crippen LogP) is 2.90. The van der Waals surface area contributed by atoms with E-state index in [1.165, 1.54) is 12.1 Å². The molecule has 0 aliphatic rings. The molecule has 0 spiro atoms. The van der Waals surface area contributed by atoms with Gasteiger partial charge in [-0.05, 0) is 23.8 Å². The molecule has 2 aromatic carbocycles. The van der Waals surface area contributed by atoms with Crippen molar-refractivity contribution in [1.29, 1.82) is 0 Å². The van der Waals surface area contributed by atoms with Crippen LogP contribution in [0.15, 0.2) is 42.5 Å². The monoisotopic (exact) mass is 261 g/mol. The molecular weight excluding hydrogens is 249 g/mol. The summed E-state index contributed by atoms with van der Waals surface area (Å²) in [6, 6.07) is 10.9. The third-order valence-electron chi connectivity index (χ3n) is 2.62. The number of carboxylic acids is 1. The Morgan fingerprint density at radius 3 is 2.53 bits per heavy atom. The molecule has 19 heavy (non-hydrogen) atoms. The van der Waals surface area contributed by atoms with Crippen molar-refractivity contribution in [3.8, 4) is 5.75 Å². The number of phenols is 1. The van der Waals surface area contributed by atoms with Crippen LogP contribution in [0, 0.1) is 5.82 Å². The molecule has 0 fully saturated rings. The maximum absolute atomic E-state index is 13.2. The van der Waals surface area contributed by atoms with Crippen LogP contribution in [0.25, 0.3) is 0 Å². The first-order valence-corrected chi connectivity index (χ1v) is 5.62. The van der Waals surface area contributed by atoms with Crippen LogP contribution in [-0.4, -0.2) is 16.2 Å². The van der Waals surface area contributed by atoms with Crippen LogP contribution in [0.1, 0.15) is 5.56 Å². The second-order valence-electron chi connectivity index (χ2n) is 3.99. The molecule has 0 aromatic heterocycles. The molecule has 0 amide bonds. The van der Waals surface area contributed by atoms with Crippen molar-refractivity contribution >= 4 is 17.3 Å². The number of hydrogen-bond acceptors (Lipinski definition) is 3. The number of nitrogens with one attached hydrogen (secondary N) is 1. The van der Waals surface area contributed by atoms with E-state index in [2.05, 4.69) is 5.32 Å². The first-order chi connectivity index (χ1) is 9.08. The van der Waals surface area contributed by atoms with Crippen LogP contribution in [0.3, 0.4) is 0 Å². The summed E-state index contributed by atoms with van der Waals surface area (Å²) in [7, 11) is 0. The number of aliphatic carboxylic acids is 1. The summed E-state index contributed by atoms with van der Waals surface area (Å²) in [5.41, 5.74) is 1.27. The fourth-order valence-corrected chi connectivity index (χ4v) is 1.72. The third kappa shape index (κ3) is 3.01. The Morgan fingerprint density at radius 1 is 1.11 bits per heavy atom. The van der Waals surface area contributed by atoms with Crippen molar-refractivity contribution in [3.63, 3.8) is 0 Å². The minimum absolute atomic E-state index is 0.154. The molecule has 0 aliphatic heterocycles. The first kappa shape index (κ1) is 12.9.